The highest BCUT2D eigenvalue weighted by atomic mass is 19.1. The molecule has 3 rings (SSSR count). The Hall–Kier alpha value is -2.78. The lowest BCUT2D eigenvalue weighted by molar-refractivity contribution is 0.156. The van der Waals surface area contributed by atoms with Gasteiger partial charge < -0.3 is 19.7 Å². The van der Waals surface area contributed by atoms with Crippen molar-refractivity contribution in [3.8, 4) is 11.5 Å². The van der Waals surface area contributed by atoms with E-state index in [1.807, 2.05) is 0 Å². The van der Waals surface area contributed by atoms with Gasteiger partial charge in [-0.15, -0.1) is 0 Å². The molecule has 0 amide bonds. The van der Waals surface area contributed by atoms with Crippen molar-refractivity contribution in [1.82, 2.24) is 15.1 Å². The molecule has 2 aliphatic rings. The number of benzene rings is 1. The Morgan fingerprint density at radius 2 is 1.73 bits per heavy atom. The number of methoxy groups -OCH3 is 2. The Bertz CT molecular complexity index is 877. The van der Waals surface area contributed by atoms with Crippen LogP contribution in [0.15, 0.2) is 29.3 Å². The van der Waals surface area contributed by atoms with Crippen LogP contribution < -0.4 is 14.8 Å². The summed E-state index contributed by atoms with van der Waals surface area (Å²) in [4.78, 5) is 8.91. The third-order valence-electron chi connectivity index (χ3n) is 5.25. The Balaban J connectivity index is 1.82. The number of rotatable bonds is 6. The molecule has 0 radical (unpaired) electrons. The molecule has 1 saturated heterocycles. The highest BCUT2D eigenvalue weighted by Crippen LogP contribution is 2.36. The Kier molecular flexibility index (Phi) is 6.84. The predicted molar refractivity (Wildman–Crippen MR) is 114 cm³/mol. The fourth-order valence-electron chi connectivity index (χ4n) is 3.37. The third kappa shape index (κ3) is 4.52. The molecule has 30 heavy (non-hydrogen) atoms. The second-order valence-corrected chi connectivity index (χ2v) is 7.25. The maximum absolute atomic E-state index is 14.9. The van der Waals surface area contributed by atoms with Gasteiger partial charge in [0.1, 0.15) is 5.71 Å². The lowest BCUT2D eigenvalue weighted by Crippen LogP contribution is -2.47. The first kappa shape index (κ1) is 21.9. The first-order chi connectivity index (χ1) is 14.3. The fourth-order valence-corrected chi connectivity index (χ4v) is 3.37. The molecule has 0 aliphatic carbocycles. The van der Waals surface area contributed by atoms with E-state index in [2.05, 4.69) is 33.7 Å². The molecule has 162 valence electrons. The van der Waals surface area contributed by atoms with Crippen molar-refractivity contribution in [3.63, 3.8) is 0 Å². The third-order valence-corrected chi connectivity index (χ3v) is 5.25. The smallest absolute Gasteiger partial charge is 0.177 e. The van der Waals surface area contributed by atoms with Gasteiger partial charge in [-0.05, 0) is 18.7 Å². The number of piperazine rings is 1. The van der Waals surface area contributed by atoms with E-state index < -0.39 is 11.6 Å². The molecule has 0 spiro atoms. The number of hydrogen-bond donors (Lipinski definition) is 2. The monoisotopic (exact) mass is 419 g/mol. The number of nitrogens with zero attached hydrogens (tertiary/aromatic N) is 3. The summed E-state index contributed by atoms with van der Waals surface area (Å²) in [5.41, 5.74) is 0.0407. The largest absolute Gasteiger partial charge is 0.494 e. The maximum Gasteiger partial charge on any atom is 0.177 e. The van der Waals surface area contributed by atoms with Gasteiger partial charge in [-0.2, -0.15) is 0 Å². The van der Waals surface area contributed by atoms with E-state index >= 15 is 0 Å². The SMILES string of the molecule is C=C1C=C(c2c(F)c(OC)cc(OC)c2F)N=C(NCCN2CCN(C)CC2)C1=N. The minimum Gasteiger partial charge on any atom is -0.494 e. The van der Waals surface area contributed by atoms with Crippen LogP contribution in [0.3, 0.4) is 0 Å². The zero-order valence-corrected chi connectivity index (χ0v) is 17.5. The topological polar surface area (TPSA) is 73.2 Å². The molecule has 7 nitrogen and oxygen atoms in total. The van der Waals surface area contributed by atoms with Crippen LogP contribution in [0.25, 0.3) is 5.70 Å². The number of halogens is 2. The first-order valence-electron chi connectivity index (χ1n) is 9.69. The molecule has 9 heteroatoms. The van der Waals surface area contributed by atoms with Crippen molar-refractivity contribution >= 4 is 17.2 Å². The molecule has 0 aromatic heterocycles. The van der Waals surface area contributed by atoms with Crippen LogP contribution in [-0.2, 0) is 0 Å². The maximum atomic E-state index is 14.9. The highest BCUT2D eigenvalue weighted by molar-refractivity contribution is 6.48. The van der Waals surface area contributed by atoms with Gasteiger partial charge in [-0.3, -0.25) is 10.3 Å². The van der Waals surface area contributed by atoms with Crippen molar-refractivity contribution in [2.24, 2.45) is 4.99 Å². The average molecular weight is 419 g/mol. The van der Waals surface area contributed by atoms with Gasteiger partial charge in [0.15, 0.2) is 29.0 Å². The second-order valence-electron chi connectivity index (χ2n) is 7.25. The van der Waals surface area contributed by atoms with Crippen LogP contribution >= 0.6 is 0 Å². The van der Waals surface area contributed by atoms with Gasteiger partial charge in [0.05, 0.1) is 25.5 Å². The van der Waals surface area contributed by atoms with Gasteiger partial charge in [0, 0.05) is 45.3 Å². The number of hydrogen-bond acceptors (Lipinski definition) is 7. The molecular formula is C21H27F2N5O2. The lowest BCUT2D eigenvalue weighted by Gasteiger charge is -2.32. The minimum absolute atomic E-state index is 0.0188. The minimum atomic E-state index is -0.885. The molecule has 2 aliphatic heterocycles. The van der Waals surface area contributed by atoms with Gasteiger partial charge in [-0.25, -0.2) is 13.8 Å². The van der Waals surface area contributed by atoms with Crippen molar-refractivity contribution in [1.29, 1.82) is 5.41 Å². The highest BCUT2D eigenvalue weighted by Gasteiger charge is 2.26. The van der Waals surface area contributed by atoms with Gasteiger partial charge >= 0.3 is 0 Å². The summed E-state index contributed by atoms with van der Waals surface area (Å²) in [6.45, 7) is 9.13. The number of aliphatic imine (C=N–C) groups is 1. The van der Waals surface area contributed by atoms with Crippen LogP contribution in [0.2, 0.25) is 0 Å². The molecule has 1 aromatic rings. The van der Waals surface area contributed by atoms with Crippen LogP contribution in [0.5, 0.6) is 11.5 Å². The lowest BCUT2D eigenvalue weighted by atomic mass is 10.0. The molecule has 2 heterocycles. The Labute approximate surface area is 175 Å². The molecule has 1 aromatic carbocycles. The predicted octanol–water partition coefficient (Wildman–Crippen LogP) is 2.15. The summed E-state index contributed by atoms with van der Waals surface area (Å²) in [6.07, 6.45) is 1.38. The number of allylic oxidation sites excluding steroid dienone is 1. The number of ether oxygens (including phenoxy) is 2. The number of amidine groups is 1. The molecule has 0 atom stereocenters. The van der Waals surface area contributed by atoms with E-state index in [1.165, 1.54) is 20.3 Å². The van der Waals surface area contributed by atoms with Crippen LogP contribution in [0, 0.1) is 17.0 Å². The van der Waals surface area contributed by atoms with E-state index in [1.54, 1.807) is 0 Å². The van der Waals surface area contributed by atoms with Gasteiger partial charge in [-0.1, -0.05) is 6.58 Å². The summed E-state index contributed by atoms with van der Waals surface area (Å²) in [5, 5.41) is 11.3. The zero-order chi connectivity index (χ0) is 21.8. The van der Waals surface area contributed by atoms with E-state index in [9.17, 15) is 8.78 Å². The molecular weight excluding hydrogens is 392 g/mol. The number of nitrogens with one attached hydrogen (secondary N) is 2. The summed E-state index contributed by atoms with van der Waals surface area (Å²) in [6, 6.07) is 1.15. The summed E-state index contributed by atoms with van der Waals surface area (Å²) >= 11 is 0. The van der Waals surface area contributed by atoms with E-state index in [0.29, 0.717) is 12.1 Å². The molecule has 0 bridgehead atoms. The van der Waals surface area contributed by atoms with E-state index in [0.717, 1.165) is 38.8 Å². The van der Waals surface area contributed by atoms with Gasteiger partial charge in [0.2, 0.25) is 0 Å². The van der Waals surface area contributed by atoms with Crippen LogP contribution in [0.1, 0.15) is 5.56 Å². The van der Waals surface area contributed by atoms with E-state index in [4.69, 9.17) is 14.9 Å². The molecule has 0 saturated carbocycles. The van der Waals surface area contributed by atoms with Crippen molar-refractivity contribution in [2.75, 3.05) is 60.5 Å². The second kappa shape index (κ2) is 9.36. The normalized spacial score (nSPS) is 18.2. The summed E-state index contributed by atoms with van der Waals surface area (Å²) in [5.74, 6) is -1.86. The van der Waals surface area contributed by atoms with Gasteiger partial charge in [0.25, 0.3) is 0 Å². The first-order valence-corrected chi connectivity index (χ1v) is 9.69. The van der Waals surface area contributed by atoms with Crippen molar-refractivity contribution in [2.45, 2.75) is 0 Å². The van der Waals surface area contributed by atoms with Crippen LogP contribution in [-0.4, -0.2) is 81.9 Å². The fraction of sp³-hybridized carbons (Fsp3) is 0.429. The Morgan fingerprint density at radius 1 is 1.13 bits per heavy atom. The van der Waals surface area contributed by atoms with Crippen molar-refractivity contribution in [3.05, 3.63) is 41.5 Å². The Morgan fingerprint density at radius 3 is 2.30 bits per heavy atom. The van der Waals surface area contributed by atoms with E-state index in [-0.39, 0.29) is 34.3 Å². The molecule has 1 fully saturated rings. The quantitative estimate of drug-likeness (QED) is 0.739. The van der Waals surface area contributed by atoms with Crippen molar-refractivity contribution < 1.29 is 18.3 Å². The van der Waals surface area contributed by atoms with Crippen LogP contribution in [0.4, 0.5) is 8.78 Å². The average Bonchev–Trinajstić information content (AvgIpc) is 2.73. The summed E-state index contributed by atoms with van der Waals surface area (Å²) < 4.78 is 39.7. The molecule has 2 N–H and O–H groups in total. The summed E-state index contributed by atoms with van der Waals surface area (Å²) in [7, 11) is 4.68. The molecule has 0 unspecified atom stereocenters. The zero-order valence-electron chi connectivity index (χ0n) is 17.5. The standard InChI is InChI=1S/C21H27F2N5O2/c1-13-11-14(17-18(22)15(29-3)12-16(30-4)19(17)23)26-21(20(13)24)25-5-6-28-9-7-27(2)8-10-28/h11-12,24H,1,5-10H2,2-4H3,(H,25,26). The number of likely N-dealkylation sites (N-methyl/N-ethyl adjacent to an activating group) is 1.